The SMILES string of the molecule is C[C@H]1CCCC[C@H]1NC(=O)Nc1cc(S(C)(=O)=O)ccc1Cl. The minimum atomic E-state index is -3.34. The largest absolute Gasteiger partial charge is 0.335 e. The fourth-order valence-corrected chi connectivity index (χ4v) is 3.50. The number of urea groups is 1. The van der Waals surface area contributed by atoms with Crippen molar-refractivity contribution in [2.45, 2.75) is 43.5 Å². The van der Waals surface area contributed by atoms with Crippen LogP contribution in [0.5, 0.6) is 0 Å². The Morgan fingerprint density at radius 2 is 1.95 bits per heavy atom. The number of hydrogen-bond acceptors (Lipinski definition) is 3. The lowest BCUT2D eigenvalue weighted by Crippen LogP contribution is -2.43. The highest BCUT2D eigenvalue weighted by Crippen LogP contribution is 2.26. The van der Waals surface area contributed by atoms with Crippen molar-refractivity contribution in [1.82, 2.24) is 5.32 Å². The van der Waals surface area contributed by atoms with E-state index in [2.05, 4.69) is 17.6 Å². The van der Waals surface area contributed by atoms with Crippen LogP contribution < -0.4 is 10.6 Å². The summed E-state index contributed by atoms with van der Waals surface area (Å²) in [5.41, 5.74) is 0.297. The van der Waals surface area contributed by atoms with Gasteiger partial charge in [-0.25, -0.2) is 13.2 Å². The number of hydrogen-bond donors (Lipinski definition) is 2. The van der Waals surface area contributed by atoms with Crippen LogP contribution >= 0.6 is 11.6 Å². The highest BCUT2D eigenvalue weighted by Gasteiger charge is 2.23. The van der Waals surface area contributed by atoms with Gasteiger partial charge in [-0.05, 0) is 37.0 Å². The Morgan fingerprint density at radius 3 is 2.59 bits per heavy atom. The van der Waals surface area contributed by atoms with E-state index in [1.54, 1.807) is 0 Å². The van der Waals surface area contributed by atoms with E-state index >= 15 is 0 Å². The first kappa shape index (κ1) is 17.1. The normalized spacial score (nSPS) is 22.1. The summed E-state index contributed by atoms with van der Waals surface area (Å²) in [4.78, 5) is 12.2. The molecule has 5 nitrogen and oxygen atoms in total. The summed E-state index contributed by atoms with van der Waals surface area (Å²) in [5, 5.41) is 5.89. The number of halogens is 1. The van der Waals surface area contributed by atoms with Crippen LogP contribution in [0.3, 0.4) is 0 Å². The molecule has 0 spiro atoms. The summed E-state index contributed by atoms with van der Waals surface area (Å²) in [7, 11) is -3.34. The summed E-state index contributed by atoms with van der Waals surface area (Å²) >= 11 is 6.02. The smallest absolute Gasteiger partial charge is 0.319 e. The van der Waals surface area contributed by atoms with Gasteiger partial charge in [-0.2, -0.15) is 0 Å². The molecule has 0 bridgehead atoms. The zero-order chi connectivity index (χ0) is 16.3. The van der Waals surface area contributed by atoms with Crippen molar-refractivity contribution >= 4 is 33.2 Å². The fourth-order valence-electron chi connectivity index (χ4n) is 2.69. The van der Waals surface area contributed by atoms with Crippen LogP contribution in [0.2, 0.25) is 5.02 Å². The molecule has 2 N–H and O–H groups in total. The van der Waals surface area contributed by atoms with Gasteiger partial charge in [-0.15, -0.1) is 0 Å². The zero-order valence-electron chi connectivity index (χ0n) is 12.7. The molecule has 7 heteroatoms. The minimum absolute atomic E-state index is 0.123. The van der Waals surface area contributed by atoms with Gasteiger partial charge in [0.15, 0.2) is 9.84 Å². The lowest BCUT2D eigenvalue weighted by atomic mass is 9.86. The third-order valence-corrected chi connectivity index (χ3v) is 5.48. The van der Waals surface area contributed by atoms with E-state index in [1.807, 2.05) is 0 Å². The molecule has 2 atom stereocenters. The van der Waals surface area contributed by atoms with Gasteiger partial charge in [0.25, 0.3) is 0 Å². The minimum Gasteiger partial charge on any atom is -0.335 e. The first-order valence-corrected chi connectivity index (χ1v) is 9.61. The summed E-state index contributed by atoms with van der Waals surface area (Å²) < 4.78 is 23.1. The number of nitrogens with one attached hydrogen (secondary N) is 2. The van der Waals surface area contributed by atoms with Crippen LogP contribution in [0.1, 0.15) is 32.6 Å². The number of sulfone groups is 1. The number of anilines is 1. The molecular weight excluding hydrogens is 324 g/mol. The molecule has 0 aromatic heterocycles. The molecule has 0 saturated heterocycles. The molecule has 1 aliphatic carbocycles. The molecular formula is C15H21ClN2O3S. The fraction of sp³-hybridized carbons (Fsp3) is 0.533. The molecule has 0 heterocycles. The van der Waals surface area contributed by atoms with Crippen LogP contribution in [-0.2, 0) is 9.84 Å². The lowest BCUT2D eigenvalue weighted by Gasteiger charge is -2.29. The maximum absolute atomic E-state index is 12.1. The second kappa shape index (κ2) is 6.87. The van der Waals surface area contributed by atoms with Crippen molar-refractivity contribution in [3.8, 4) is 0 Å². The van der Waals surface area contributed by atoms with Crippen molar-refractivity contribution in [2.75, 3.05) is 11.6 Å². The predicted molar refractivity (Wildman–Crippen MR) is 88.1 cm³/mol. The molecule has 1 saturated carbocycles. The topological polar surface area (TPSA) is 75.3 Å². The number of carbonyl (C=O) groups excluding carboxylic acids is 1. The van der Waals surface area contributed by atoms with Gasteiger partial charge in [0, 0.05) is 12.3 Å². The molecule has 1 aromatic carbocycles. The molecule has 122 valence electrons. The van der Waals surface area contributed by atoms with Crippen molar-refractivity contribution in [2.24, 2.45) is 5.92 Å². The average molecular weight is 345 g/mol. The lowest BCUT2D eigenvalue weighted by molar-refractivity contribution is 0.232. The molecule has 22 heavy (non-hydrogen) atoms. The maximum atomic E-state index is 12.1. The number of carbonyl (C=O) groups is 1. The molecule has 1 fully saturated rings. The molecule has 2 amide bonds. The van der Waals surface area contributed by atoms with Crippen molar-refractivity contribution in [3.63, 3.8) is 0 Å². The highest BCUT2D eigenvalue weighted by molar-refractivity contribution is 7.90. The van der Waals surface area contributed by atoms with Crippen LogP contribution in [-0.4, -0.2) is 26.7 Å². The van der Waals surface area contributed by atoms with Crippen molar-refractivity contribution in [1.29, 1.82) is 0 Å². The Labute approximate surface area is 136 Å². The number of rotatable bonds is 3. The predicted octanol–water partition coefficient (Wildman–Crippen LogP) is 3.44. The third-order valence-electron chi connectivity index (χ3n) is 4.04. The standard InChI is InChI=1S/C15H21ClN2O3S/c1-10-5-3-4-6-13(10)17-15(19)18-14-9-11(22(2,20)21)7-8-12(14)16/h7-10,13H,3-6H2,1-2H3,(H2,17,18,19)/t10-,13+/m0/s1. The summed E-state index contributed by atoms with van der Waals surface area (Å²) in [6.07, 6.45) is 5.49. The Balaban J connectivity index is 2.08. The van der Waals surface area contributed by atoms with Crippen molar-refractivity contribution < 1.29 is 13.2 Å². The Hall–Kier alpha value is -1.27. The molecule has 0 aliphatic heterocycles. The Bertz CT molecular complexity index is 661. The zero-order valence-corrected chi connectivity index (χ0v) is 14.3. The first-order valence-electron chi connectivity index (χ1n) is 7.34. The van der Waals surface area contributed by atoms with E-state index in [0.29, 0.717) is 16.6 Å². The van der Waals surface area contributed by atoms with Gasteiger partial charge in [0.2, 0.25) is 0 Å². The summed E-state index contributed by atoms with van der Waals surface area (Å²) in [5.74, 6) is 0.442. The van der Waals surface area contributed by atoms with Gasteiger partial charge >= 0.3 is 6.03 Å². The molecule has 2 rings (SSSR count). The molecule has 1 aliphatic rings. The van der Waals surface area contributed by atoms with Gasteiger partial charge in [0.05, 0.1) is 15.6 Å². The van der Waals surface area contributed by atoms with E-state index in [-0.39, 0.29) is 17.0 Å². The van der Waals surface area contributed by atoms with E-state index in [1.165, 1.54) is 24.6 Å². The first-order chi connectivity index (χ1) is 10.3. The van der Waals surface area contributed by atoms with E-state index in [4.69, 9.17) is 11.6 Å². The Morgan fingerprint density at radius 1 is 1.27 bits per heavy atom. The van der Waals surface area contributed by atoms with Gasteiger partial charge in [0.1, 0.15) is 0 Å². The average Bonchev–Trinajstić information content (AvgIpc) is 2.42. The third kappa shape index (κ3) is 4.36. The van der Waals surface area contributed by atoms with E-state index in [0.717, 1.165) is 25.5 Å². The van der Waals surface area contributed by atoms with Gasteiger partial charge in [-0.3, -0.25) is 0 Å². The van der Waals surface area contributed by atoms with Crippen LogP contribution in [0, 0.1) is 5.92 Å². The molecule has 0 unspecified atom stereocenters. The maximum Gasteiger partial charge on any atom is 0.319 e. The monoisotopic (exact) mass is 344 g/mol. The van der Waals surface area contributed by atoms with E-state index < -0.39 is 9.84 Å². The summed E-state index contributed by atoms with van der Waals surface area (Å²) in [6, 6.07) is 4.05. The van der Waals surface area contributed by atoms with Crippen LogP contribution in [0.25, 0.3) is 0 Å². The van der Waals surface area contributed by atoms with Gasteiger partial charge < -0.3 is 10.6 Å². The number of amides is 2. The highest BCUT2D eigenvalue weighted by atomic mass is 35.5. The van der Waals surface area contributed by atoms with Crippen molar-refractivity contribution in [3.05, 3.63) is 23.2 Å². The summed E-state index contributed by atoms with van der Waals surface area (Å²) in [6.45, 7) is 2.13. The van der Waals surface area contributed by atoms with E-state index in [9.17, 15) is 13.2 Å². The molecule has 1 aromatic rings. The second-order valence-corrected chi connectivity index (χ2v) is 8.30. The molecule has 0 radical (unpaired) electrons. The van der Waals surface area contributed by atoms with Crippen LogP contribution in [0.15, 0.2) is 23.1 Å². The Kier molecular flexibility index (Phi) is 5.34. The second-order valence-electron chi connectivity index (χ2n) is 5.88. The quantitative estimate of drug-likeness (QED) is 0.881. The number of benzene rings is 1. The van der Waals surface area contributed by atoms with Crippen LogP contribution in [0.4, 0.5) is 10.5 Å². The van der Waals surface area contributed by atoms with Gasteiger partial charge in [-0.1, -0.05) is 31.4 Å².